The Bertz CT molecular complexity index is 328. The third kappa shape index (κ3) is 2.92. The monoisotopic (exact) mass is 223 g/mol. The normalized spacial score (nSPS) is 10.6. The van der Waals surface area contributed by atoms with Gasteiger partial charge in [0.2, 0.25) is 0 Å². The van der Waals surface area contributed by atoms with E-state index in [1.807, 2.05) is 0 Å². The number of carbonyl (C=O) groups excluding carboxylic acids is 1. The van der Waals surface area contributed by atoms with Gasteiger partial charge in [-0.05, 0) is 27.7 Å². The van der Waals surface area contributed by atoms with Crippen LogP contribution >= 0.6 is 0 Å². The van der Waals surface area contributed by atoms with Gasteiger partial charge in [-0.3, -0.25) is 4.79 Å². The second kappa shape index (κ2) is 5.44. The van der Waals surface area contributed by atoms with Gasteiger partial charge >= 0.3 is 12.5 Å². The number of nitrogens with zero attached hydrogens (tertiary/aromatic N) is 3. The van der Waals surface area contributed by atoms with E-state index in [0.29, 0.717) is 18.6 Å². The van der Waals surface area contributed by atoms with Crippen LogP contribution in [0.3, 0.4) is 0 Å². The Morgan fingerprint density at radius 3 is 2.06 bits per heavy atom. The molecule has 5 heteroatoms. The molecule has 1 rings (SSSR count). The van der Waals surface area contributed by atoms with Crippen molar-refractivity contribution in [3.8, 4) is 6.01 Å². The molecule has 88 valence electrons. The molecule has 0 unspecified atom stereocenters. The van der Waals surface area contributed by atoms with Crippen molar-refractivity contribution in [1.82, 2.24) is 9.97 Å². The average Bonchev–Trinajstić information content (AvgIpc) is 2.20. The van der Waals surface area contributed by atoms with Crippen molar-refractivity contribution in [2.75, 3.05) is 4.90 Å². The third-order valence-corrected chi connectivity index (χ3v) is 2.18. The molecule has 5 nitrogen and oxygen atoms in total. The van der Waals surface area contributed by atoms with Crippen LogP contribution in [0.2, 0.25) is 0 Å². The highest BCUT2D eigenvalue weighted by molar-refractivity contribution is 5.46. The van der Waals surface area contributed by atoms with E-state index in [1.54, 1.807) is 12.4 Å². The number of ether oxygens (including phenoxy) is 1. The van der Waals surface area contributed by atoms with Crippen molar-refractivity contribution in [1.29, 1.82) is 0 Å². The summed E-state index contributed by atoms with van der Waals surface area (Å²) in [5, 5.41) is 0. The Kier molecular flexibility index (Phi) is 4.22. The smallest absolute Gasteiger partial charge is 0.324 e. The van der Waals surface area contributed by atoms with E-state index in [1.165, 1.54) is 0 Å². The molecule has 1 aromatic rings. The van der Waals surface area contributed by atoms with Gasteiger partial charge in [0.1, 0.15) is 0 Å². The SMILES string of the molecule is CC(C)N(c1cnc(OC=O)nc1)C(C)C. The highest BCUT2D eigenvalue weighted by atomic mass is 16.5. The predicted molar refractivity (Wildman–Crippen MR) is 61.5 cm³/mol. The maximum Gasteiger partial charge on any atom is 0.324 e. The van der Waals surface area contributed by atoms with Crippen LogP contribution in [0.4, 0.5) is 5.69 Å². The minimum absolute atomic E-state index is 0.0752. The molecule has 1 heterocycles. The lowest BCUT2D eigenvalue weighted by molar-refractivity contribution is -0.121. The summed E-state index contributed by atoms with van der Waals surface area (Å²) in [5.74, 6) is 0. The lowest BCUT2D eigenvalue weighted by Crippen LogP contribution is -2.37. The molecule has 0 amide bonds. The Morgan fingerprint density at radius 1 is 1.19 bits per heavy atom. The summed E-state index contributed by atoms with van der Waals surface area (Å²) in [6.45, 7) is 8.75. The molecule has 0 radical (unpaired) electrons. The molecule has 0 aliphatic carbocycles. The molecule has 0 saturated carbocycles. The second-order valence-corrected chi connectivity index (χ2v) is 4.03. The maximum absolute atomic E-state index is 10.1. The summed E-state index contributed by atoms with van der Waals surface area (Å²) in [6, 6.07) is 0.800. The van der Waals surface area contributed by atoms with Gasteiger partial charge in [0.25, 0.3) is 0 Å². The highest BCUT2D eigenvalue weighted by Crippen LogP contribution is 2.18. The fourth-order valence-corrected chi connectivity index (χ4v) is 1.74. The van der Waals surface area contributed by atoms with Crippen LogP contribution in [0.15, 0.2) is 12.4 Å². The van der Waals surface area contributed by atoms with Gasteiger partial charge in [-0.2, -0.15) is 0 Å². The van der Waals surface area contributed by atoms with E-state index in [4.69, 9.17) is 0 Å². The standard InChI is InChI=1S/C11H17N3O2/c1-8(2)14(9(3)4)10-5-12-11(13-6-10)16-7-15/h5-9H,1-4H3. The molecular formula is C11H17N3O2. The topological polar surface area (TPSA) is 55.3 Å². The molecule has 0 spiro atoms. The summed E-state index contributed by atoms with van der Waals surface area (Å²) < 4.78 is 4.54. The van der Waals surface area contributed by atoms with E-state index >= 15 is 0 Å². The van der Waals surface area contributed by atoms with Gasteiger partial charge in [-0.1, -0.05) is 0 Å². The van der Waals surface area contributed by atoms with Crippen molar-refractivity contribution in [2.45, 2.75) is 39.8 Å². The van der Waals surface area contributed by atoms with Crippen molar-refractivity contribution in [3.63, 3.8) is 0 Å². The first kappa shape index (κ1) is 12.4. The van der Waals surface area contributed by atoms with Gasteiger partial charge in [-0.15, -0.1) is 0 Å². The first-order valence-electron chi connectivity index (χ1n) is 5.27. The number of hydrogen-bond acceptors (Lipinski definition) is 5. The van der Waals surface area contributed by atoms with Gasteiger partial charge < -0.3 is 9.64 Å². The molecule has 0 N–H and O–H groups in total. The van der Waals surface area contributed by atoms with E-state index in [2.05, 4.69) is 47.3 Å². The summed E-state index contributed by atoms with van der Waals surface area (Å²) in [7, 11) is 0. The number of anilines is 1. The van der Waals surface area contributed by atoms with Crippen molar-refractivity contribution in [3.05, 3.63) is 12.4 Å². The molecule has 0 atom stereocenters. The van der Waals surface area contributed by atoms with E-state index in [9.17, 15) is 4.79 Å². The van der Waals surface area contributed by atoms with Gasteiger partial charge in [0.05, 0.1) is 18.1 Å². The molecule has 16 heavy (non-hydrogen) atoms. The van der Waals surface area contributed by atoms with Gasteiger partial charge in [0, 0.05) is 12.1 Å². The largest absolute Gasteiger partial charge is 0.393 e. The Balaban J connectivity index is 2.89. The molecule has 0 bridgehead atoms. The fraction of sp³-hybridized carbons (Fsp3) is 0.545. The average molecular weight is 223 g/mol. The Hall–Kier alpha value is -1.65. The van der Waals surface area contributed by atoms with Crippen LogP contribution in [-0.4, -0.2) is 28.5 Å². The Morgan fingerprint density at radius 2 is 1.69 bits per heavy atom. The number of rotatable bonds is 5. The molecule has 0 fully saturated rings. The van der Waals surface area contributed by atoms with Crippen LogP contribution in [0.1, 0.15) is 27.7 Å². The summed E-state index contributed by atoms with van der Waals surface area (Å²) >= 11 is 0. The van der Waals surface area contributed by atoms with Crippen molar-refractivity contribution in [2.24, 2.45) is 0 Å². The quantitative estimate of drug-likeness (QED) is 0.710. The van der Waals surface area contributed by atoms with Crippen LogP contribution in [0.25, 0.3) is 0 Å². The second-order valence-electron chi connectivity index (χ2n) is 4.03. The summed E-state index contributed by atoms with van der Waals surface area (Å²) in [4.78, 5) is 20.2. The molecule has 0 aromatic carbocycles. The van der Waals surface area contributed by atoms with E-state index < -0.39 is 0 Å². The van der Waals surface area contributed by atoms with Gasteiger partial charge in [0.15, 0.2) is 0 Å². The Labute approximate surface area is 95.5 Å². The molecular weight excluding hydrogens is 206 g/mol. The summed E-state index contributed by atoms with van der Waals surface area (Å²) in [5.41, 5.74) is 0.920. The minimum atomic E-state index is 0.0752. The van der Waals surface area contributed by atoms with Crippen LogP contribution in [0.5, 0.6) is 6.01 Å². The van der Waals surface area contributed by atoms with E-state index in [-0.39, 0.29) is 6.01 Å². The molecule has 0 aliphatic heterocycles. The van der Waals surface area contributed by atoms with Gasteiger partial charge in [-0.25, -0.2) is 9.97 Å². The third-order valence-electron chi connectivity index (χ3n) is 2.18. The van der Waals surface area contributed by atoms with Crippen molar-refractivity contribution >= 4 is 12.2 Å². The zero-order valence-electron chi connectivity index (χ0n) is 10.0. The zero-order valence-corrected chi connectivity index (χ0v) is 10.0. The van der Waals surface area contributed by atoms with Crippen LogP contribution in [0, 0.1) is 0 Å². The fourth-order valence-electron chi connectivity index (χ4n) is 1.74. The minimum Gasteiger partial charge on any atom is -0.393 e. The van der Waals surface area contributed by atoms with E-state index in [0.717, 1.165) is 5.69 Å². The lowest BCUT2D eigenvalue weighted by atomic mass is 10.2. The lowest BCUT2D eigenvalue weighted by Gasteiger charge is -2.32. The highest BCUT2D eigenvalue weighted by Gasteiger charge is 2.14. The number of aromatic nitrogens is 2. The molecule has 0 aliphatic rings. The number of carbonyl (C=O) groups is 1. The van der Waals surface area contributed by atoms with Crippen LogP contribution in [-0.2, 0) is 4.79 Å². The maximum atomic E-state index is 10.1. The van der Waals surface area contributed by atoms with Crippen LogP contribution < -0.4 is 9.64 Å². The predicted octanol–water partition coefficient (Wildman–Crippen LogP) is 1.64. The molecule has 0 saturated heterocycles. The zero-order chi connectivity index (χ0) is 12.1. The number of hydrogen-bond donors (Lipinski definition) is 0. The van der Waals surface area contributed by atoms with Crippen molar-refractivity contribution < 1.29 is 9.53 Å². The molecule has 1 aromatic heterocycles. The first-order valence-corrected chi connectivity index (χ1v) is 5.27. The first-order chi connectivity index (χ1) is 7.56. The summed E-state index contributed by atoms with van der Waals surface area (Å²) in [6.07, 6.45) is 3.32.